The molecule has 0 saturated carbocycles. The Morgan fingerprint density at radius 2 is 2.00 bits per heavy atom. The molecule has 0 aliphatic carbocycles. The van der Waals surface area contributed by atoms with Crippen LogP contribution in [0.4, 0.5) is 13.2 Å². The first-order valence-corrected chi connectivity index (χ1v) is 7.91. The van der Waals surface area contributed by atoms with Crippen molar-refractivity contribution in [3.63, 3.8) is 0 Å². The summed E-state index contributed by atoms with van der Waals surface area (Å²) in [6, 6.07) is 5.61. The average Bonchev–Trinajstić information content (AvgIpc) is 2.53. The van der Waals surface area contributed by atoms with Crippen molar-refractivity contribution in [1.29, 1.82) is 0 Å². The molecule has 2 unspecified atom stereocenters. The number of benzene rings is 1. The van der Waals surface area contributed by atoms with Crippen molar-refractivity contribution < 1.29 is 17.9 Å². The van der Waals surface area contributed by atoms with Gasteiger partial charge in [-0.3, -0.25) is 4.99 Å². The number of hydrogen-bond donors (Lipinski definition) is 2. The molecule has 1 aromatic rings. The standard InChI is InChI=1S/C17H26F3N3O/c1-12(14-6-5-7-15(10-14)17(18,19)20)8-9-22-16(21-3)23-13(2)11-24-4/h5-7,10,12-13H,8-9,11H2,1-4H3,(H2,21,22,23). The van der Waals surface area contributed by atoms with Gasteiger partial charge in [0.1, 0.15) is 0 Å². The number of alkyl halides is 3. The number of methoxy groups -OCH3 is 1. The molecule has 0 amide bonds. The molecule has 136 valence electrons. The van der Waals surface area contributed by atoms with Crippen LogP contribution < -0.4 is 10.6 Å². The van der Waals surface area contributed by atoms with E-state index in [0.29, 0.717) is 31.1 Å². The van der Waals surface area contributed by atoms with Gasteiger partial charge in [-0.25, -0.2) is 0 Å². The fourth-order valence-electron chi connectivity index (χ4n) is 2.31. The van der Waals surface area contributed by atoms with Crippen molar-refractivity contribution in [1.82, 2.24) is 10.6 Å². The summed E-state index contributed by atoms with van der Waals surface area (Å²) in [6.07, 6.45) is -3.61. The molecule has 0 radical (unpaired) electrons. The van der Waals surface area contributed by atoms with Gasteiger partial charge in [-0.1, -0.05) is 25.1 Å². The van der Waals surface area contributed by atoms with Crippen molar-refractivity contribution in [3.05, 3.63) is 35.4 Å². The largest absolute Gasteiger partial charge is 0.416 e. The molecule has 0 bridgehead atoms. The molecule has 2 N–H and O–H groups in total. The summed E-state index contributed by atoms with van der Waals surface area (Å²) in [5.41, 5.74) is 0.0769. The van der Waals surface area contributed by atoms with E-state index in [0.717, 1.165) is 6.07 Å². The van der Waals surface area contributed by atoms with Gasteiger partial charge in [-0.2, -0.15) is 13.2 Å². The van der Waals surface area contributed by atoms with Crippen LogP contribution in [-0.2, 0) is 10.9 Å². The highest BCUT2D eigenvalue weighted by atomic mass is 19.4. The van der Waals surface area contributed by atoms with E-state index in [2.05, 4.69) is 15.6 Å². The van der Waals surface area contributed by atoms with E-state index in [1.54, 1.807) is 20.2 Å². The smallest absolute Gasteiger partial charge is 0.383 e. The predicted octanol–water partition coefficient (Wildman–Crippen LogP) is 3.40. The van der Waals surface area contributed by atoms with Crippen LogP contribution in [0, 0.1) is 0 Å². The predicted molar refractivity (Wildman–Crippen MR) is 90.3 cm³/mol. The Labute approximate surface area is 141 Å². The summed E-state index contributed by atoms with van der Waals surface area (Å²) >= 11 is 0. The van der Waals surface area contributed by atoms with Crippen LogP contribution >= 0.6 is 0 Å². The van der Waals surface area contributed by atoms with Crippen LogP contribution in [0.15, 0.2) is 29.3 Å². The third kappa shape index (κ3) is 6.78. The quantitative estimate of drug-likeness (QED) is 0.588. The number of aliphatic imine (C=N–C) groups is 1. The highest BCUT2D eigenvalue weighted by molar-refractivity contribution is 5.79. The Morgan fingerprint density at radius 1 is 1.29 bits per heavy atom. The summed E-state index contributed by atoms with van der Waals surface area (Å²) in [5, 5.41) is 6.34. The van der Waals surface area contributed by atoms with Crippen LogP contribution in [-0.4, -0.2) is 39.3 Å². The van der Waals surface area contributed by atoms with Crippen molar-refractivity contribution in [2.45, 2.75) is 38.4 Å². The summed E-state index contributed by atoms with van der Waals surface area (Å²) in [6.45, 7) is 5.06. The highest BCUT2D eigenvalue weighted by Gasteiger charge is 2.30. The molecule has 0 saturated heterocycles. The number of guanidine groups is 1. The second-order valence-corrected chi connectivity index (χ2v) is 5.81. The zero-order valence-corrected chi connectivity index (χ0v) is 14.6. The SMILES string of the molecule is CN=C(NCCC(C)c1cccc(C(F)(F)F)c1)NC(C)COC. The van der Waals surface area contributed by atoms with Gasteiger partial charge in [0.2, 0.25) is 0 Å². The summed E-state index contributed by atoms with van der Waals surface area (Å²) in [4.78, 5) is 4.12. The van der Waals surface area contributed by atoms with E-state index >= 15 is 0 Å². The molecule has 1 aromatic carbocycles. The fourth-order valence-corrected chi connectivity index (χ4v) is 2.31. The topological polar surface area (TPSA) is 45.7 Å². The maximum atomic E-state index is 12.8. The van der Waals surface area contributed by atoms with Gasteiger partial charge in [0.15, 0.2) is 5.96 Å². The Kier molecular flexibility index (Phi) is 8.04. The molecule has 4 nitrogen and oxygen atoms in total. The molecule has 24 heavy (non-hydrogen) atoms. The van der Waals surface area contributed by atoms with Crippen molar-refractivity contribution in [2.75, 3.05) is 27.3 Å². The maximum Gasteiger partial charge on any atom is 0.416 e. The van der Waals surface area contributed by atoms with Crippen LogP contribution in [0.1, 0.15) is 37.3 Å². The molecule has 1 rings (SSSR count). The highest BCUT2D eigenvalue weighted by Crippen LogP contribution is 2.31. The van der Waals surface area contributed by atoms with Gasteiger partial charge in [0, 0.05) is 26.7 Å². The van der Waals surface area contributed by atoms with E-state index in [1.165, 1.54) is 12.1 Å². The van der Waals surface area contributed by atoms with Crippen molar-refractivity contribution in [2.24, 2.45) is 4.99 Å². The molecular weight excluding hydrogens is 319 g/mol. The molecular formula is C17H26F3N3O. The second-order valence-electron chi connectivity index (χ2n) is 5.81. The lowest BCUT2D eigenvalue weighted by Gasteiger charge is -2.19. The molecule has 0 aliphatic heterocycles. The number of halogens is 3. The lowest BCUT2D eigenvalue weighted by molar-refractivity contribution is -0.137. The van der Waals surface area contributed by atoms with Gasteiger partial charge in [0.05, 0.1) is 12.2 Å². The van der Waals surface area contributed by atoms with E-state index in [9.17, 15) is 13.2 Å². The van der Waals surface area contributed by atoms with Gasteiger partial charge < -0.3 is 15.4 Å². The summed E-state index contributed by atoms with van der Waals surface area (Å²) in [5.74, 6) is 0.657. The Hall–Kier alpha value is -1.76. The van der Waals surface area contributed by atoms with Crippen molar-refractivity contribution in [3.8, 4) is 0 Å². The van der Waals surface area contributed by atoms with E-state index in [1.807, 2.05) is 13.8 Å². The summed E-state index contributed by atoms with van der Waals surface area (Å²) in [7, 11) is 3.30. The zero-order chi connectivity index (χ0) is 18.2. The second kappa shape index (κ2) is 9.52. The molecule has 7 heteroatoms. The van der Waals surface area contributed by atoms with Gasteiger partial charge in [-0.05, 0) is 30.9 Å². The number of nitrogens with zero attached hydrogens (tertiary/aromatic N) is 1. The van der Waals surface area contributed by atoms with Crippen LogP contribution in [0.25, 0.3) is 0 Å². The maximum absolute atomic E-state index is 12.8. The minimum atomic E-state index is -4.31. The Balaban J connectivity index is 2.53. The molecule has 0 aliphatic rings. The third-order valence-corrected chi connectivity index (χ3v) is 3.68. The van der Waals surface area contributed by atoms with Crippen LogP contribution in [0.5, 0.6) is 0 Å². The Morgan fingerprint density at radius 3 is 2.58 bits per heavy atom. The number of hydrogen-bond acceptors (Lipinski definition) is 2. The normalized spacial score (nSPS) is 15.0. The van der Waals surface area contributed by atoms with Crippen LogP contribution in [0.3, 0.4) is 0 Å². The first kappa shape index (κ1) is 20.3. The molecule has 0 heterocycles. The lowest BCUT2D eigenvalue weighted by atomic mass is 9.96. The lowest BCUT2D eigenvalue weighted by Crippen LogP contribution is -2.44. The van der Waals surface area contributed by atoms with Gasteiger partial charge >= 0.3 is 6.18 Å². The fraction of sp³-hybridized carbons (Fsp3) is 0.588. The zero-order valence-electron chi connectivity index (χ0n) is 14.6. The monoisotopic (exact) mass is 345 g/mol. The first-order chi connectivity index (χ1) is 11.3. The molecule has 0 spiro atoms. The number of nitrogens with one attached hydrogen (secondary N) is 2. The minimum absolute atomic E-state index is 0.00862. The molecule has 2 atom stereocenters. The first-order valence-electron chi connectivity index (χ1n) is 7.91. The Bertz CT molecular complexity index is 532. The minimum Gasteiger partial charge on any atom is -0.383 e. The number of rotatable bonds is 7. The van der Waals surface area contributed by atoms with Crippen LogP contribution in [0.2, 0.25) is 0 Å². The number of ether oxygens (including phenoxy) is 1. The van der Waals surface area contributed by atoms with Gasteiger partial charge in [-0.15, -0.1) is 0 Å². The average molecular weight is 345 g/mol. The molecule has 0 aromatic heterocycles. The van der Waals surface area contributed by atoms with E-state index in [-0.39, 0.29) is 12.0 Å². The molecule has 0 fully saturated rings. The van der Waals surface area contributed by atoms with Crippen molar-refractivity contribution >= 4 is 5.96 Å². The van der Waals surface area contributed by atoms with E-state index < -0.39 is 11.7 Å². The summed E-state index contributed by atoms with van der Waals surface area (Å²) < 4.78 is 43.4. The van der Waals surface area contributed by atoms with E-state index in [4.69, 9.17) is 4.74 Å². The van der Waals surface area contributed by atoms with Gasteiger partial charge in [0.25, 0.3) is 0 Å². The third-order valence-electron chi connectivity index (χ3n) is 3.68.